The van der Waals surface area contributed by atoms with Gasteiger partial charge in [-0.1, -0.05) is 42.5 Å². The summed E-state index contributed by atoms with van der Waals surface area (Å²) in [7, 11) is 0. The van der Waals surface area contributed by atoms with Gasteiger partial charge in [-0.2, -0.15) is 11.8 Å². The number of halogens is 1. The highest BCUT2D eigenvalue weighted by molar-refractivity contribution is 7.98. The van der Waals surface area contributed by atoms with Crippen LogP contribution in [0.5, 0.6) is 5.75 Å². The molecule has 0 bridgehead atoms. The van der Waals surface area contributed by atoms with Crippen LogP contribution in [0.1, 0.15) is 31.4 Å². The molecule has 2 aromatic rings. The molecule has 14 heteroatoms. The number of benzene rings is 2. The normalized spacial score (nSPS) is 12.6. The van der Waals surface area contributed by atoms with Crippen LogP contribution in [0, 0.1) is 0 Å². The van der Waals surface area contributed by atoms with Crippen LogP contribution in [0.25, 0.3) is 0 Å². The van der Waals surface area contributed by atoms with Crippen molar-refractivity contribution in [1.82, 2.24) is 21.3 Å². The predicted molar refractivity (Wildman–Crippen MR) is 171 cm³/mol. The summed E-state index contributed by atoms with van der Waals surface area (Å²) in [4.78, 5) is 63.2. The highest BCUT2D eigenvalue weighted by atomic mass is 35.5. The fourth-order valence-corrected chi connectivity index (χ4v) is 4.37. The first-order valence-corrected chi connectivity index (χ1v) is 15.3. The maximum Gasteiger partial charge on any atom is 0.328 e. The zero-order valence-corrected chi connectivity index (χ0v) is 26.7. The van der Waals surface area contributed by atoms with Gasteiger partial charge in [-0.3, -0.25) is 19.2 Å². The van der Waals surface area contributed by atoms with Gasteiger partial charge < -0.3 is 36.8 Å². The number of carbonyl (C=O) groups excluding carboxylic acids is 5. The third-order valence-corrected chi connectivity index (χ3v) is 6.74. The molecule has 44 heavy (non-hydrogen) atoms. The Hall–Kier alpha value is -3.81. The van der Waals surface area contributed by atoms with Crippen molar-refractivity contribution in [2.75, 3.05) is 25.1 Å². The van der Waals surface area contributed by atoms with Crippen LogP contribution in [0.3, 0.4) is 0 Å². The number of phenols is 1. The highest BCUT2D eigenvalue weighted by Gasteiger charge is 2.28. The molecule has 2 rings (SSSR count). The standard InChI is InChI=1S/C30H41N5O7S.ClH/c1-19(2)42-30(41)24(13-14-43-3)35-29(40)25(16-20-7-5-4-6-8-20)34-27(38)18-32-26(37)17-33-28(39)23(31)15-21-9-11-22(36)12-10-21;/h4-12,19,23-25,36H,13-18,31H2,1-3H3,(H,32,37)(H,33,39)(H,34,38)(H,35,40);1H/t23-,24-,25-;/m0./s1. The molecule has 0 aliphatic heterocycles. The largest absolute Gasteiger partial charge is 0.508 e. The Balaban J connectivity index is 0.00000968. The van der Waals surface area contributed by atoms with Gasteiger partial charge in [-0.25, -0.2) is 4.79 Å². The number of carbonyl (C=O) groups is 5. The first-order valence-electron chi connectivity index (χ1n) is 13.9. The van der Waals surface area contributed by atoms with Gasteiger partial charge in [-0.15, -0.1) is 12.4 Å². The van der Waals surface area contributed by atoms with Gasteiger partial charge in [0.1, 0.15) is 17.8 Å². The third kappa shape index (κ3) is 14.6. The van der Waals surface area contributed by atoms with Crippen LogP contribution in [-0.2, 0) is 41.6 Å². The molecule has 0 fully saturated rings. The van der Waals surface area contributed by atoms with Crippen molar-refractivity contribution in [2.24, 2.45) is 5.73 Å². The molecule has 0 unspecified atom stereocenters. The summed E-state index contributed by atoms with van der Waals surface area (Å²) in [5.41, 5.74) is 7.43. The average Bonchev–Trinajstić information content (AvgIpc) is 2.97. The van der Waals surface area contributed by atoms with E-state index in [0.717, 1.165) is 11.1 Å². The molecular weight excluding hydrogens is 610 g/mol. The maximum absolute atomic E-state index is 13.3. The second-order valence-electron chi connectivity index (χ2n) is 10.1. The molecule has 0 heterocycles. The predicted octanol–water partition coefficient (Wildman–Crippen LogP) is 0.833. The van der Waals surface area contributed by atoms with E-state index < -0.39 is 60.8 Å². The van der Waals surface area contributed by atoms with Crippen LogP contribution in [-0.4, -0.2) is 84.0 Å². The second kappa shape index (κ2) is 20.2. The summed E-state index contributed by atoms with van der Waals surface area (Å²) in [6.45, 7) is 2.59. The van der Waals surface area contributed by atoms with Crippen LogP contribution in [0.15, 0.2) is 54.6 Å². The molecule has 0 aliphatic rings. The fraction of sp³-hybridized carbons (Fsp3) is 0.433. The summed E-state index contributed by atoms with van der Waals surface area (Å²) in [6.07, 6.45) is 2.23. The minimum Gasteiger partial charge on any atom is -0.508 e. The lowest BCUT2D eigenvalue weighted by molar-refractivity contribution is -0.151. The Morgan fingerprint density at radius 1 is 0.818 bits per heavy atom. The minimum absolute atomic E-state index is 0. The van der Waals surface area contributed by atoms with E-state index >= 15 is 0 Å². The molecule has 0 spiro atoms. The van der Waals surface area contributed by atoms with Crippen LogP contribution >= 0.6 is 24.2 Å². The van der Waals surface area contributed by atoms with Crippen molar-refractivity contribution in [1.29, 1.82) is 0 Å². The Morgan fingerprint density at radius 3 is 2.05 bits per heavy atom. The van der Waals surface area contributed by atoms with Gasteiger partial charge >= 0.3 is 5.97 Å². The first kappa shape index (κ1) is 38.2. The number of esters is 1. The zero-order valence-electron chi connectivity index (χ0n) is 25.0. The van der Waals surface area contributed by atoms with Crippen molar-refractivity contribution in [2.45, 2.75) is 57.3 Å². The fourth-order valence-electron chi connectivity index (χ4n) is 3.89. The van der Waals surface area contributed by atoms with Gasteiger partial charge in [0, 0.05) is 6.42 Å². The minimum atomic E-state index is -1.03. The van der Waals surface area contributed by atoms with Crippen LogP contribution < -0.4 is 27.0 Å². The quantitative estimate of drug-likeness (QED) is 0.135. The molecule has 0 saturated heterocycles. The second-order valence-corrected chi connectivity index (χ2v) is 11.1. The number of phenolic OH excluding ortho intramolecular Hbond substituents is 1. The molecule has 7 N–H and O–H groups in total. The van der Waals surface area contributed by atoms with Crippen molar-refractivity contribution in [3.05, 3.63) is 65.7 Å². The van der Waals surface area contributed by atoms with E-state index in [1.165, 1.54) is 23.9 Å². The molecule has 0 aromatic heterocycles. The van der Waals surface area contributed by atoms with Gasteiger partial charge in [0.05, 0.1) is 25.2 Å². The van der Waals surface area contributed by atoms with Crippen molar-refractivity contribution < 1.29 is 33.8 Å². The van der Waals surface area contributed by atoms with Crippen molar-refractivity contribution in [3.63, 3.8) is 0 Å². The summed E-state index contributed by atoms with van der Waals surface area (Å²) < 4.78 is 5.30. The number of aromatic hydroxyl groups is 1. The molecule has 0 radical (unpaired) electrons. The Bertz CT molecular complexity index is 1220. The van der Waals surface area contributed by atoms with E-state index in [0.29, 0.717) is 12.2 Å². The van der Waals surface area contributed by atoms with Gasteiger partial charge in [0.25, 0.3) is 0 Å². The molecule has 242 valence electrons. The van der Waals surface area contributed by atoms with Gasteiger partial charge in [0.15, 0.2) is 0 Å². The molecular formula is C30H42ClN5O7S. The summed E-state index contributed by atoms with van der Waals surface area (Å²) in [6, 6.07) is 12.5. The molecule has 3 atom stereocenters. The van der Waals surface area contributed by atoms with Crippen LogP contribution in [0.4, 0.5) is 0 Å². The highest BCUT2D eigenvalue weighted by Crippen LogP contribution is 2.11. The van der Waals surface area contributed by atoms with E-state index in [1.54, 1.807) is 38.1 Å². The van der Waals surface area contributed by atoms with E-state index in [1.807, 2.05) is 24.5 Å². The smallest absolute Gasteiger partial charge is 0.328 e. The number of nitrogens with two attached hydrogens (primary N) is 1. The van der Waals surface area contributed by atoms with E-state index in [2.05, 4.69) is 21.3 Å². The number of hydrogen-bond donors (Lipinski definition) is 6. The van der Waals surface area contributed by atoms with E-state index in [-0.39, 0.29) is 37.1 Å². The number of nitrogens with one attached hydrogen (secondary N) is 4. The third-order valence-electron chi connectivity index (χ3n) is 6.10. The Kier molecular flexibility index (Phi) is 17.5. The van der Waals surface area contributed by atoms with Gasteiger partial charge in [0.2, 0.25) is 23.6 Å². The first-order chi connectivity index (χ1) is 20.5. The van der Waals surface area contributed by atoms with Crippen molar-refractivity contribution >= 4 is 53.8 Å². The number of thioether (sulfide) groups is 1. The van der Waals surface area contributed by atoms with Crippen LogP contribution in [0.2, 0.25) is 0 Å². The summed E-state index contributed by atoms with van der Waals surface area (Å²) >= 11 is 1.52. The topological polar surface area (TPSA) is 189 Å². The molecule has 0 aliphatic carbocycles. The maximum atomic E-state index is 13.3. The Labute approximate surface area is 268 Å². The average molecular weight is 652 g/mol. The van der Waals surface area contributed by atoms with E-state index in [4.69, 9.17) is 10.5 Å². The SMILES string of the molecule is CSCC[C@H](NC(=O)[C@H](Cc1ccccc1)NC(=O)CNC(=O)CNC(=O)[C@@H](N)Cc1ccc(O)cc1)C(=O)OC(C)C.Cl. The molecule has 4 amide bonds. The van der Waals surface area contributed by atoms with Crippen molar-refractivity contribution in [3.8, 4) is 5.75 Å². The van der Waals surface area contributed by atoms with Gasteiger partial charge in [-0.05, 0) is 62.0 Å². The number of ether oxygens (including phenoxy) is 1. The summed E-state index contributed by atoms with van der Waals surface area (Å²) in [5, 5.41) is 19.5. The lowest BCUT2D eigenvalue weighted by Crippen LogP contribution is -2.54. The lowest BCUT2D eigenvalue weighted by atomic mass is 10.0. The summed E-state index contributed by atoms with van der Waals surface area (Å²) in [5.74, 6) is -2.24. The number of rotatable bonds is 17. The van der Waals surface area contributed by atoms with E-state index in [9.17, 15) is 29.1 Å². The molecule has 2 aromatic carbocycles. The Morgan fingerprint density at radius 2 is 1.43 bits per heavy atom. The number of amides is 4. The molecule has 12 nitrogen and oxygen atoms in total. The lowest BCUT2D eigenvalue weighted by Gasteiger charge is -2.23. The number of hydrogen-bond acceptors (Lipinski definition) is 9. The zero-order chi connectivity index (χ0) is 31.8. The molecule has 0 saturated carbocycles. The monoisotopic (exact) mass is 651 g/mol.